The molecule has 2 aromatic carbocycles. The number of benzene rings is 2. The number of carbonyl (C=O) groups excluding carboxylic acids is 1. The van der Waals surface area contributed by atoms with E-state index in [-0.39, 0.29) is 5.91 Å². The maximum Gasteiger partial charge on any atom is 0.244 e. The van der Waals surface area contributed by atoms with Crippen LogP contribution < -0.4 is 14.8 Å². The Morgan fingerprint density at radius 2 is 1.92 bits per heavy atom. The van der Waals surface area contributed by atoms with Crippen molar-refractivity contribution in [2.75, 3.05) is 20.8 Å². The standard InChI is InChI=1S/C20H23NO3/c1-15-6-4-5-7-16(15)12-13-21-20(22)11-8-17-14-18(23-2)9-10-19(17)24-3/h4-11,14H,12-13H2,1-3H3,(H,21,22)/b11-8+. The van der Waals surface area contributed by atoms with Crippen molar-refractivity contribution < 1.29 is 14.3 Å². The number of amides is 1. The molecule has 0 aliphatic rings. The van der Waals surface area contributed by atoms with Gasteiger partial charge in [0.05, 0.1) is 14.2 Å². The van der Waals surface area contributed by atoms with Gasteiger partial charge in [0.15, 0.2) is 0 Å². The van der Waals surface area contributed by atoms with Crippen LogP contribution in [0.25, 0.3) is 6.08 Å². The molecule has 4 nitrogen and oxygen atoms in total. The van der Waals surface area contributed by atoms with Gasteiger partial charge in [-0.3, -0.25) is 4.79 Å². The summed E-state index contributed by atoms with van der Waals surface area (Å²) < 4.78 is 10.5. The Kier molecular flexibility index (Phi) is 6.43. The number of hydrogen-bond acceptors (Lipinski definition) is 3. The average molecular weight is 325 g/mol. The fraction of sp³-hybridized carbons (Fsp3) is 0.250. The smallest absolute Gasteiger partial charge is 0.244 e. The van der Waals surface area contributed by atoms with Crippen molar-refractivity contribution in [1.82, 2.24) is 5.32 Å². The summed E-state index contributed by atoms with van der Waals surface area (Å²) in [5.41, 5.74) is 3.28. The maximum atomic E-state index is 12.0. The summed E-state index contributed by atoms with van der Waals surface area (Å²) in [6, 6.07) is 13.6. The lowest BCUT2D eigenvalue weighted by molar-refractivity contribution is -0.116. The van der Waals surface area contributed by atoms with Gasteiger partial charge in [-0.05, 0) is 48.7 Å². The highest BCUT2D eigenvalue weighted by Crippen LogP contribution is 2.24. The van der Waals surface area contributed by atoms with E-state index in [2.05, 4.69) is 24.4 Å². The van der Waals surface area contributed by atoms with Crippen LogP contribution in [0.2, 0.25) is 0 Å². The van der Waals surface area contributed by atoms with Crippen molar-refractivity contribution in [1.29, 1.82) is 0 Å². The number of aryl methyl sites for hydroxylation is 1. The molecule has 126 valence electrons. The van der Waals surface area contributed by atoms with E-state index < -0.39 is 0 Å². The summed E-state index contributed by atoms with van der Waals surface area (Å²) in [4.78, 5) is 12.0. The van der Waals surface area contributed by atoms with Gasteiger partial charge in [-0.25, -0.2) is 0 Å². The lowest BCUT2D eigenvalue weighted by atomic mass is 10.1. The van der Waals surface area contributed by atoms with Gasteiger partial charge in [0.2, 0.25) is 5.91 Å². The van der Waals surface area contributed by atoms with Crippen LogP contribution in [0.1, 0.15) is 16.7 Å². The number of carbonyl (C=O) groups is 1. The van der Waals surface area contributed by atoms with Crippen LogP contribution >= 0.6 is 0 Å². The molecule has 24 heavy (non-hydrogen) atoms. The number of rotatable bonds is 7. The maximum absolute atomic E-state index is 12.0. The topological polar surface area (TPSA) is 47.6 Å². The van der Waals surface area contributed by atoms with E-state index >= 15 is 0 Å². The molecule has 0 bridgehead atoms. The quantitative estimate of drug-likeness (QED) is 0.794. The highest BCUT2D eigenvalue weighted by Gasteiger charge is 2.03. The molecule has 4 heteroatoms. The molecule has 0 unspecified atom stereocenters. The molecule has 1 amide bonds. The van der Waals surface area contributed by atoms with Crippen molar-refractivity contribution in [3.63, 3.8) is 0 Å². The third-order valence-electron chi connectivity index (χ3n) is 3.81. The zero-order valence-corrected chi connectivity index (χ0v) is 14.3. The SMILES string of the molecule is COc1ccc(OC)c(/C=C/C(=O)NCCc2ccccc2C)c1. The van der Waals surface area contributed by atoms with Crippen LogP contribution in [0.4, 0.5) is 0 Å². The molecular formula is C20H23NO3. The van der Waals surface area contributed by atoms with Crippen LogP contribution in [0, 0.1) is 6.92 Å². The molecule has 1 N–H and O–H groups in total. The van der Waals surface area contributed by atoms with Crippen molar-refractivity contribution >= 4 is 12.0 Å². The van der Waals surface area contributed by atoms with E-state index in [0.29, 0.717) is 12.3 Å². The Bertz CT molecular complexity index is 723. The van der Waals surface area contributed by atoms with Gasteiger partial charge in [0, 0.05) is 18.2 Å². The van der Waals surface area contributed by atoms with E-state index in [1.807, 2.05) is 30.3 Å². The van der Waals surface area contributed by atoms with Crippen molar-refractivity contribution in [2.45, 2.75) is 13.3 Å². The van der Waals surface area contributed by atoms with Crippen molar-refractivity contribution in [2.24, 2.45) is 0 Å². The largest absolute Gasteiger partial charge is 0.497 e. The average Bonchev–Trinajstić information content (AvgIpc) is 2.61. The Morgan fingerprint density at radius 3 is 2.62 bits per heavy atom. The van der Waals surface area contributed by atoms with Crippen LogP contribution in [-0.4, -0.2) is 26.7 Å². The molecule has 0 heterocycles. The summed E-state index contributed by atoms with van der Waals surface area (Å²) >= 11 is 0. The van der Waals surface area contributed by atoms with Crippen LogP contribution in [0.5, 0.6) is 11.5 Å². The van der Waals surface area contributed by atoms with E-state index in [0.717, 1.165) is 17.7 Å². The predicted molar refractivity (Wildman–Crippen MR) is 96.5 cm³/mol. The zero-order valence-electron chi connectivity index (χ0n) is 14.3. The third-order valence-corrected chi connectivity index (χ3v) is 3.81. The van der Waals surface area contributed by atoms with Crippen molar-refractivity contribution in [3.8, 4) is 11.5 Å². The normalized spacial score (nSPS) is 10.6. The molecule has 0 saturated heterocycles. The number of hydrogen-bond donors (Lipinski definition) is 1. The molecule has 2 aromatic rings. The fourth-order valence-electron chi connectivity index (χ4n) is 2.41. The van der Waals surface area contributed by atoms with E-state index in [1.54, 1.807) is 20.3 Å². The Balaban J connectivity index is 1.92. The number of methoxy groups -OCH3 is 2. The van der Waals surface area contributed by atoms with Crippen LogP contribution in [0.3, 0.4) is 0 Å². The molecule has 0 aliphatic heterocycles. The van der Waals surface area contributed by atoms with Gasteiger partial charge in [0.25, 0.3) is 0 Å². The van der Waals surface area contributed by atoms with Crippen molar-refractivity contribution in [3.05, 3.63) is 65.2 Å². The zero-order chi connectivity index (χ0) is 17.4. The predicted octanol–water partition coefficient (Wildman–Crippen LogP) is 3.38. The first kappa shape index (κ1) is 17.6. The first-order chi connectivity index (χ1) is 11.6. The molecular weight excluding hydrogens is 302 g/mol. The first-order valence-corrected chi connectivity index (χ1v) is 7.86. The van der Waals surface area contributed by atoms with E-state index in [9.17, 15) is 4.79 Å². The molecule has 0 aromatic heterocycles. The summed E-state index contributed by atoms with van der Waals surface area (Å²) in [6.07, 6.45) is 4.05. The van der Waals surface area contributed by atoms with Gasteiger partial charge < -0.3 is 14.8 Å². The Morgan fingerprint density at radius 1 is 1.12 bits per heavy atom. The first-order valence-electron chi connectivity index (χ1n) is 7.86. The van der Waals surface area contributed by atoms with Gasteiger partial charge in [-0.15, -0.1) is 0 Å². The number of ether oxygens (including phenoxy) is 2. The molecule has 0 fully saturated rings. The second-order valence-electron chi connectivity index (χ2n) is 5.41. The third kappa shape index (κ3) is 4.88. The van der Waals surface area contributed by atoms with Gasteiger partial charge >= 0.3 is 0 Å². The lowest BCUT2D eigenvalue weighted by Gasteiger charge is -2.07. The number of nitrogens with one attached hydrogen (secondary N) is 1. The summed E-state index contributed by atoms with van der Waals surface area (Å²) in [5.74, 6) is 1.28. The molecule has 0 saturated carbocycles. The van der Waals surface area contributed by atoms with E-state index in [4.69, 9.17) is 9.47 Å². The van der Waals surface area contributed by atoms with Gasteiger partial charge in [-0.1, -0.05) is 24.3 Å². The summed E-state index contributed by atoms with van der Waals surface area (Å²) in [6.45, 7) is 2.68. The minimum Gasteiger partial charge on any atom is -0.497 e. The second-order valence-corrected chi connectivity index (χ2v) is 5.41. The second kappa shape index (κ2) is 8.77. The highest BCUT2D eigenvalue weighted by atomic mass is 16.5. The minimum absolute atomic E-state index is 0.131. The Labute approximate surface area is 143 Å². The minimum atomic E-state index is -0.131. The molecule has 0 spiro atoms. The van der Waals surface area contributed by atoms with Gasteiger partial charge in [0.1, 0.15) is 11.5 Å². The van der Waals surface area contributed by atoms with Crippen LogP contribution in [-0.2, 0) is 11.2 Å². The molecule has 0 aliphatic carbocycles. The lowest BCUT2D eigenvalue weighted by Crippen LogP contribution is -2.23. The molecule has 0 radical (unpaired) electrons. The fourth-order valence-corrected chi connectivity index (χ4v) is 2.41. The molecule has 0 atom stereocenters. The summed E-state index contributed by atoms with van der Waals surface area (Å²) in [5, 5.41) is 2.90. The molecule has 2 rings (SSSR count). The monoisotopic (exact) mass is 325 g/mol. The highest BCUT2D eigenvalue weighted by molar-refractivity contribution is 5.92. The summed E-state index contributed by atoms with van der Waals surface area (Å²) in [7, 11) is 3.20. The Hall–Kier alpha value is -2.75. The van der Waals surface area contributed by atoms with Crippen LogP contribution in [0.15, 0.2) is 48.5 Å². The van der Waals surface area contributed by atoms with Gasteiger partial charge in [-0.2, -0.15) is 0 Å². The van der Waals surface area contributed by atoms with E-state index in [1.165, 1.54) is 17.2 Å².